The summed E-state index contributed by atoms with van der Waals surface area (Å²) in [7, 11) is 0. The quantitative estimate of drug-likeness (QED) is 0.842. The molecule has 0 atom stereocenters. The third-order valence-electron chi connectivity index (χ3n) is 4.24. The summed E-state index contributed by atoms with van der Waals surface area (Å²) in [5, 5.41) is 3.50. The highest BCUT2D eigenvalue weighted by molar-refractivity contribution is 5.76. The fraction of sp³-hybridized carbons (Fsp3) is 0.500. The number of aromatic nitrogens is 2. The van der Waals surface area contributed by atoms with Gasteiger partial charge in [0.15, 0.2) is 5.69 Å². The van der Waals surface area contributed by atoms with E-state index >= 15 is 0 Å². The first-order chi connectivity index (χ1) is 11.8. The van der Waals surface area contributed by atoms with Crippen LogP contribution in [0.3, 0.4) is 0 Å². The van der Waals surface area contributed by atoms with Gasteiger partial charge in [-0.1, -0.05) is 0 Å². The van der Waals surface area contributed by atoms with Gasteiger partial charge in [0, 0.05) is 31.9 Å². The SMILES string of the molecule is Cc1cc(C(F)(F)F)nn1CC(=O)N1CCN(Cc2ccco2)CC1. The Morgan fingerprint density at radius 3 is 2.56 bits per heavy atom. The van der Waals surface area contributed by atoms with E-state index in [2.05, 4.69) is 10.00 Å². The van der Waals surface area contributed by atoms with Crippen LogP contribution in [0.1, 0.15) is 17.1 Å². The number of aryl methyl sites for hydroxylation is 1. The number of carbonyl (C=O) groups excluding carboxylic acids is 1. The standard InChI is InChI=1S/C16H19F3N4O2/c1-12-9-14(16(17,18)19)20-23(12)11-15(24)22-6-4-21(5-7-22)10-13-3-2-8-25-13/h2-3,8-9H,4-7,10-11H2,1H3. The van der Waals surface area contributed by atoms with Gasteiger partial charge in [0.05, 0.1) is 12.8 Å². The van der Waals surface area contributed by atoms with Crippen LogP contribution in [-0.2, 0) is 24.1 Å². The van der Waals surface area contributed by atoms with Crippen molar-refractivity contribution < 1.29 is 22.4 Å². The summed E-state index contributed by atoms with van der Waals surface area (Å²) < 4.78 is 44.5. The van der Waals surface area contributed by atoms with Crippen LogP contribution >= 0.6 is 0 Å². The van der Waals surface area contributed by atoms with E-state index in [9.17, 15) is 18.0 Å². The van der Waals surface area contributed by atoms with Crippen LogP contribution in [0.2, 0.25) is 0 Å². The number of alkyl halides is 3. The summed E-state index contributed by atoms with van der Waals surface area (Å²) in [6.45, 7) is 4.47. The average Bonchev–Trinajstić information content (AvgIpc) is 3.18. The maximum atomic E-state index is 12.7. The molecule has 1 fully saturated rings. The van der Waals surface area contributed by atoms with Gasteiger partial charge in [-0.15, -0.1) is 0 Å². The summed E-state index contributed by atoms with van der Waals surface area (Å²) in [6.07, 6.45) is -2.88. The molecule has 9 heteroatoms. The fourth-order valence-corrected chi connectivity index (χ4v) is 2.82. The summed E-state index contributed by atoms with van der Waals surface area (Å²) in [4.78, 5) is 16.2. The van der Waals surface area contributed by atoms with Crippen LogP contribution in [0.4, 0.5) is 13.2 Å². The third kappa shape index (κ3) is 4.22. The second kappa shape index (κ2) is 6.91. The van der Waals surface area contributed by atoms with Gasteiger partial charge < -0.3 is 9.32 Å². The highest BCUT2D eigenvalue weighted by atomic mass is 19.4. The van der Waals surface area contributed by atoms with Gasteiger partial charge >= 0.3 is 6.18 Å². The van der Waals surface area contributed by atoms with Crippen molar-refractivity contribution in [3.05, 3.63) is 41.6 Å². The highest BCUT2D eigenvalue weighted by Crippen LogP contribution is 2.28. The zero-order chi connectivity index (χ0) is 18.0. The fourth-order valence-electron chi connectivity index (χ4n) is 2.82. The zero-order valence-corrected chi connectivity index (χ0v) is 13.8. The second-order valence-electron chi connectivity index (χ2n) is 6.06. The molecule has 6 nitrogen and oxygen atoms in total. The van der Waals surface area contributed by atoms with Crippen molar-refractivity contribution >= 4 is 5.91 Å². The molecule has 3 rings (SSSR count). The number of furan rings is 1. The van der Waals surface area contributed by atoms with Crippen molar-refractivity contribution in [1.82, 2.24) is 19.6 Å². The van der Waals surface area contributed by atoms with E-state index in [1.165, 1.54) is 6.92 Å². The Morgan fingerprint density at radius 1 is 1.28 bits per heavy atom. The number of hydrogen-bond donors (Lipinski definition) is 0. The molecule has 0 saturated carbocycles. The Labute approximate surface area is 142 Å². The Hall–Kier alpha value is -2.29. The molecule has 0 radical (unpaired) electrons. The van der Waals surface area contributed by atoms with Crippen LogP contribution in [0.25, 0.3) is 0 Å². The average molecular weight is 356 g/mol. The van der Waals surface area contributed by atoms with Crippen LogP contribution in [0, 0.1) is 6.92 Å². The van der Waals surface area contributed by atoms with Crippen molar-refractivity contribution in [2.75, 3.05) is 26.2 Å². The molecular weight excluding hydrogens is 337 g/mol. The van der Waals surface area contributed by atoms with E-state index < -0.39 is 11.9 Å². The molecule has 0 aliphatic carbocycles. The number of amides is 1. The monoisotopic (exact) mass is 356 g/mol. The van der Waals surface area contributed by atoms with Crippen LogP contribution in [0.15, 0.2) is 28.9 Å². The van der Waals surface area contributed by atoms with Crippen LogP contribution < -0.4 is 0 Å². The van der Waals surface area contributed by atoms with Gasteiger partial charge in [-0.05, 0) is 25.1 Å². The van der Waals surface area contributed by atoms with Gasteiger partial charge in [0.25, 0.3) is 0 Å². The second-order valence-corrected chi connectivity index (χ2v) is 6.06. The normalized spacial score (nSPS) is 16.4. The minimum Gasteiger partial charge on any atom is -0.468 e. The number of rotatable bonds is 4. The van der Waals surface area contributed by atoms with Crippen molar-refractivity contribution in [1.29, 1.82) is 0 Å². The third-order valence-corrected chi connectivity index (χ3v) is 4.24. The largest absolute Gasteiger partial charge is 0.468 e. The molecule has 1 saturated heterocycles. The molecule has 2 aromatic rings. The molecule has 1 aliphatic heterocycles. The predicted octanol–water partition coefficient (Wildman–Crippen LogP) is 2.15. The topological polar surface area (TPSA) is 54.5 Å². The van der Waals surface area contributed by atoms with Crippen molar-refractivity contribution in [2.45, 2.75) is 26.2 Å². The number of nitrogens with zero attached hydrogens (tertiary/aromatic N) is 4. The van der Waals surface area contributed by atoms with Gasteiger partial charge in [-0.2, -0.15) is 18.3 Å². The number of halogens is 3. The number of hydrogen-bond acceptors (Lipinski definition) is 4. The molecule has 25 heavy (non-hydrogen) atoms. The Morgan fingerprint density at radius 2 is 2.00 bits per heavy atom. The Bertz CT molecular complexity index is 716. The molecule has 3 heterocycles. The molecule has 1 amide bonds. The highest BCUT2D eigenvalue weighted by Gasteiger charge is 2.34. The lowest BCUT2D eigenvalue weighted by Gasteiger charge is -2.34. The molecular formula is C16H19F3N4O2. The number of carbonyl (C=O) groups is 1. The van der Waals surface area contributed by atoms with E-state index in [0.717, 1.165) is 16.5 Å². The Balaban J connectivity index is 1.54. The lowest BCUT2D eigenvalue weighted by atomic mass is 10.3. The van der Waals surface area contributed by atoms with E-state index in [0.29, 0.717) is 38.4 Å². The molecule has 2 aromatic heterocycles. The first kappa shape index (κ1) is 17.5. The van der Waals surface area contributed by atoms with E-state index in [1.807, 2.05) is 12.1 Å². The van der Waals surface area contributed by atoms with Gasteiger partial charge in [-0.25, -0.2) is 0 Å². The molecule has 0 spiro atoms. The van der Waals surface area contributed by atoms with Crippen molar-refractivity contribution in [2.24, 2.45) is 0 Å². The smallest absolute Gasteiger partial charge is 0.435 e. The Kier molecular flexibility index (Phi) is 4.85. The van der Waals surface area contributed by atoms with Gasteiger partial charge in [0.2, 0.25) is 5.91 Å². The van der Waals surface area contributed by atoms with Crippen molar-refractivity contribution in [3.8, 4) is 0 Å². The lowest BCUT2D eigenvalue weighted by Crippen LogP contribution is -2.49. The number of piperazine rings is 1. The molecule has 0 N–H and O–H groups in total. The zero-order valence-electron chi connectivity index (χ0n) is 13.8. The van der Waals surface area contributed by atoms with E-state index in [-0.39, 0.29) is 12.5 Å². The van der Waals surface area contributed by atoms with Crippen LogP contribution in [-0.4, -0.2) is 51.7 Å². The molecule has 0 bridgehead atoms. The van der Waals surface area contributed by atoms with Crippen LogP contribution in [0.5, 0.6) is 0 Å². The molecule has 0 unspecified atom stereocenters. The molecule has 1 aliphatic rings. The summed E-state index contributed by atoms with van der Waals surface area (Å²) >= 11 is 0. The maximum absolute atomic E-state index is 12.7. The summed E-state index contributed by atoms with van der Waals surface area (Å²) in [5.41, 5.74) is -0.654. The maximum Gasteiger partial charge on any atom is 0.435 e. The lowest BCUT2D eigenvalue weighted by molar-refractivity contribution is -0.142. The summed E-state index contributed by atoms with van der Waals surface area (Å²) in [5.74, 6) is 0.643. The molecule has 136 valence electrons. The van der Waals surface area contributed by atoms with E-state index in [4.69, 9.17) is 4.42 Å². The van der Waals surface area contributed by atoms with Gasteiger partial charge in [0.1, 0.15) is 12.3 Å². The predicted molar refractivity (Wildman–Crippen MR) is 82.5 cm³/mol. The van der Waals surface area contributed by atoms with Gasteiger partial charge in [-0.3, -0.25) is 14.4 Å². The minimum atomic E-state index is -4.50. The first-order valence-electron chi connectivity index (χ1n) is 7.97. The van der Waals surface area contributed by atoms with E-state index in [1.54, 1.807) is 11.2 Å². The summed E-state index contributed by atoms with van der Waals surface area (Å²) in [6, 6.07) is 4.68. The first-order valence-corrected chi connectivity index (χ1v) is 7.97. The van der Waals surface area contributed by atoms with Crippen molar-refractivity contribution in [3.63, 3.8) is 0 Å². The minimum absolute atomic E-state index is 0.180. The molecule has 0 aromatic carbocycles.